The molecule has 0 fully saturated rings. The highest BCUT2D eigenvalue weighted by atomic mass is 19.4. The molecule has 0 saturated heterocycles. The predicted octanol–water partition coefficient (Wildman–Crippen LogP) is 8.04. The summed E-state index contributed by atoms with van der Waals surface area (Å²) >= 11 is 0. The number of carbonyl (C=O) groups is 2. The van der Waals surface area contributed by atoms with Crippen molar-refractivity contribution in [2.24, 2.45) is 0 Å². The van der Waals surface area contributed by atoms with Crippen LogP contribution in [0.3, 0.4) is 0 Å². The molecule has 1 amide bonds. The van der Waals surface area contributed by atoms with Gasteiger partial charge in [-0.2, -0.15) is 23.0 Å². The van der Waals surface area contributed by atoms with Crippen LogP contribution in [0.2, 0.25) is 0 Å². The van der Waals surface area contributed by atoms with Crippen LogP contribution < -0.4 is 19.5 Å². The molecule has 11 heteroatoms. The van der Waals surface area contributed by atoms with Crippen LogP contribution in [0.5, 0.6) is 17.4 Å². The van der Waals surface area contributed by atoms with E-state index < -0.39 is 23.6 Å². The minimum absolute atomic E-state index is 0.0678. The number of hydrogen-bond acceptors (Lipinski definition) is 6. The smallest absolute Gasteiger partial charge is 0.416 e. The molecule has 0 aliphatic rings. The van der Waals surface area contributed by atoms with E-state index in [1.54, 1.807) is 47.1 Å². The number of benzene rings is 4. The van der Waals surface area contributed by atoms with Gasteiger partial charge in [0.1, 0.15) is 17.2 Å². The van der Waals surface area contributed by atoms with Crippen LogP contribution in [0.25, 0.3) is 28.1 Å². The van der Waals surface area contributed by atoms with Crippen LogP contribution in [0.4, 0.5) is 18.9 Å². The summed E-state index contributed by atoms with van der Waals surface area (Å²) in [4.78, 5) is 25.2. The Balaban J connectivity index is 1.61. The van der Waals surface area contributed by atoms with Gasteiger partial charge in [0.2, 0.25) is 5.88 Å². The third-order valence-corrected chi connectivity index (χ3v) is 7.19. The lowest BCUT2D eigenvalue weighted by molar-refractivity contribution is -0.137. The summed E-state index contributed by atoms with van der Waals surface area (Å²) in [5.41, 5.74) is 4.47. The van der Waals surface area contributed by atoms with Gasteiger partial charge >= 0.3 is 12.1 Å². The second-order valence-electron chi connectivity index (χ2n) is 10.5. The lowest BCUT2D eigenvalue weighted by atomic mass is 10.00. The fraction of sp³-hybridized carbons (Fsp3) is 0.171. The number of aryl methyl sites for hydroxylation is 2. The van der Waals surface area contributed by atoms with Crippen molar-refractivity contribution in [1.29, 1.82) is 0 Å². The number of amides is 1. The molecule has 0 atom stereocenters. The van der Waals surface area contributed by atoms with Gasteiger partial charge in [-0.05, 0) is 79.6 Å². The van der Waals surface area contributed by atoms with Crippen molar-refractivity contribution in [1.82, 2.24) is 9.78 Å². The number of rotatable bonds is 8. The number of halogens is 3. The summed E-state index contributed by atoms with van der Waals surface area (Å²) in [6.07, 6.45) is -4.50. The van der Waals surface area contributed by atoms with E-state index in [0.29, 0.717) is 45.3 Å². The molecule has 0 unspecified atom stereocenters. The van der Waals surface area contributed by atoms with Gasteiger partial charge < -0.3 is 19.5 Å². The second-order valence-corrected chi connectivity index (χ2v) is 10.5. The number of ether oxygens (including phenoxy) is 3. The third kappa shape index (κ3) is 6.73. The fourth-order valence-corrected chi connectivity index (χ4v) is 4.98. The first-order valence-corrected chi connectivity index (χ1v) is 14.1. The molecule has 1 N–H and O–H groups in total. The number of anilines is 1. The number of methoxy groups -OCH3 is 2. The van der Waals surface area contributed by atoms with E-state index >= 15 is 0 Å². The van der Waals surface area contributed by atoms with Crippen molar-refractivity contribution in [3.63, 3.8) is 0 Å². The summed E-state index contributed by atoms with van der Waals surface area (Å²) in [5, 5.41) is 7.64. The van der Waals surface area contributed by atoms with Crippen molar-refractivity contribution in [2.75, 3.05) is 19.5 Å². The van der Waals surface area contributed by atoms with E-state index in [4.69, 9.17) is 19.3 Å². The molecular formula is C35H30F3N3O5. The molecule has 0 aliphatic carbocycles. The zero-order valence-electron chi connectivity index (χ0n) is 25.7. The molecule has 236 valence electrons. The molecule has 0 radical (unpaired) electrons. The van der Waals surface area contributed by atoms with Crippen LogP contribution >= 0.6 is 0 Å². The lowest BCUT2D eigenvalue weighted by Crippen LogP contribution is -2.12. The first-order chi connectivity index (χ1) is 21.9. The molecule has 0 aliphatic heterocycles. The molecule has 46 heavy (non-hydrogen) atoms. The lowest BCUT2D eigenvalue weighted by Gasteiger charge is -2.12. The van der Waals surface area contributed by atoms with E-state index in [0.717, 1.165) is 35.4 Å². The van der Waals surface area contributed by atoms with Crippen LogP contribution in [0, 0.1) is 13.8 Å². The largest absolute Gasteiger partial charge is 0.497 e. The molecule has 5 aromatic rings. The van der Waals surface area contributed by atoms with Crippen molar-refractivity contribution in [2.45, 2.75) is 26.9 Å². The van der Waals surface area contributed by atoms with Crippen molar-refractivity contribution in [3.8, 4) is 45.5 Å². The number of hydrogen-bond donors (Lipinski definition) is 1. The molecule has 8 nitrogen and oxygen atoms in total. The Kier molecular flexibility index (Phi) is 8.86. The fourth-order valence-electron chi connectivity index (χ4n) is 4.98. The average molecular weight is 630 g/mol. The Hall–Kier alpha value is -5.58. The molecule has 0 saturated carbocycles. The zero-order valence-corrected chi connectivity index (χ0v) is 25.7. The Morgan fingerprint density at radius 2 is 1.43 bits per heavy atom. The summed E-state index contributed by atoms with van der Waals surface area (Å²) < 4.78 is 57.2. The maximum absolute atomic E-state index is 12.9. The molecule has 1 heterocycles. The first-order valence-electron chi connectivity index (χ1n) is 14.1. The van der Waals surface area contributed by atoms with E-state index in [1.165, 1.54) is 21.1 Å². The Bertz CT molecular complexity index is 1890. The number of alkyl halides is 3. The second kappa shape index (κ2) is 12.8. The van der Waals surface area contributed by atoms with Crippen LogP contribution in [-0.2, 0) is 11.0 Å². The van der Waals surface area contributed by atoms with Gasteiger partial charge in [0, 0.05) is 29.8 Å². The highest BCUT2D eigenvalue weighted by molar-refractivity contribution is 6.04. The van der Waals surface area contributed by atoms with Crippen molar-refractivity contribution >= 4 is 17.6 Å². The molecule has 0 spiro atoms. The van der Waals surface area contributed by atoms with E-state index in [2.05, 4.69) is 5.32 Å². The Morgan fingerprint density at radius 3 is 1.98 bits per heavy atom. The van der Waals surface area contributed by atoms with E-state index in [1.807, 2.05) is 32.0 Å². The molecular weight excluding hydrogens is 599 g/mol. The Labute approximate surface area is 263 Å². The first kappa shape index (κ1) is 31.8. The third-order valence-electron chi connectivity index (χ3n) is 7.19. The van der Waals surface area contributed by atoms with Crippen LogP contribution in [0.15, 0.2) is 84.9 Å². The van der Waals surface area contributed by atoms with Crippen LogP contribution in [0.1, 0.15) is 34.0 Å². The summed E-state index contributed by atoms with van der Waals surface area (Å²) in [5.74, 6) is 0.0995. The van der Waals surface area contributed by atoms with Gasteiger partial charge in [-0.15, -0.1) is 0 Å². The number of nitrogens with one attached hydrogen (secondary N) is 1. The molecule has 0 bridgehead atoms. The van der Waals surface area contributed by atoms with Gasteiger partial charge in [-0.1, -0.05) is 29.8 Å². The predicted molar refractivity (Wildman–Crippen MR) is 168 cm³/mol. The number of esters is 1. The van der Waals surface area contributed by atoms with Gasteiger partial charge in [-0.25, -0.2) is 0 Å². The topological polar surface area (TPSA) is 91.7 Å². The standard InChI is InChI=1S/C35H30F3N3O5/c1-20-6-15-30(21(2)16-20)41-34(46-22(3)42)31(32(40-41)25-17-28(44-4)19-29(18-25)45-5)23-9-13-27(14-10-23)39-33(43)24-7-11-26(12-8-24)35(36,37)38/h6-19H,1-5H3,(H,39,43). The van der Waals surface area contributed by atoms with Crippen molar-refractivity contribution in [3.05, 3.63) is 107 Å². The molecule has 4 aromatic carbocycles. The highest BCUT2D eigenvalue weighted by Crippen LogP contribution is 2.43. The van der Waals surface area contributed by atoms with Gasteiger partial charge in [0.05, 0.1) is 31.0 Å². The Morgan fingerprint density at radius 1 is 0.804 bits per heavy atom. The number of carbonyl (C=O) groups excluding carboxylic acids is 2. The SMILES string of the molecule is COc1cc(OC)cc(-c2nn(-c3ccc(C)cc3C)c(OC(C)=O)c2-c2ccc(NC(=O)c3ccc(C(F)(F)F)cc3)cc2)c1. The summed E-state index contributed by atoms with van der Waals surface area (Å²) in [6, 6.07) is 21.8. The highest BCUT2D eigenvalue weighted by Gasteiger charge is 2.30. The molecule has 1 aromatic heterocycles. The average Bonchev–Trinajstić information content (AvgIpc) is 3.38. The maximum atomic E-state index is 12.9. The monoisotopic (exact) mass is 629 g/mol. The number of nitrogens with zero attached hydrogens (tertiary/aromatic N) is 2. The molecule has 5 rings (SSSR count). The van der Waals surface area contributed by atoms with E-state index in [9.17, 15) is 22.8 Å². The summed E-state index contributed by atoms with van der Waals surface area (Å²) in [7, 11) is 3.07. The quantitative estimate of drug-likeness (QED) is 0.175. The van der Waals surface area contributed by atoms with Gasteiger partial charge in [0.15, 0.2) is 0 Å². The minimum Gasteiger partial charge on any atom is -0.497 e. The van der Waals surface area contributed by atoms with Crippen LogP contribution in [-0.4, -0.2) is 35.9 Å². The summed E-state index contributed by atoms with van der Waals surface area (Å²) in [6.45, 7) is 5.21. The zero-order chi connectivity index (χ0) is 33.2. The maximum Gasteiger partial charge on any atom is 0.416 e. The van der Waals surface area contributed by atoms with Gasteiger partial charge in [0.25, 0.3) is 5.91 Å². The van der Waals surface area contributed by atoms with Crippen molar-refractivity contribution < 1.29 is 37.0 Å². The normalized spacial score (nSPS) is 11.2. The van der Waals surface area contributed by atoms with Gasteiger partial charge in [-0.3, -0.25) is 9.59 Å². The minimum atomic E-state index is -4.50. The number of aromatic nitrogens is 2. The van der Waals surface area contributed by atoms with E-state index in [-0.39, 0.29) is 11.4 Å².